The highest BCUT2D eigenvalue weighted by molar-refractivity contribution is 7.88. The highest BCUT2D eigenvalue weighted by Crippen LogP contribution is 2.39. The molecular weight excluding hydrogens is 560 g/mol. The number of nitrogens with zero attached hydrogens (tertiary/aromatic N) is 2. The van der Waals surface area contributed by atoms with Crippen LogP contribution in [0, 0.1) is 5.82 Å². The number of aromatic nitrogens is 3. The van der Waals surface area contributed by atoms with Crippen LogP contribution in [0.3, 0.4) is 0 Å². The minimum absolute atomic E-state index is 0.0242. The van der Waals surface area contributed by atoms with Gasteiger partial charge in [0.2, 0.25) is 10.0 Å². The van der Waals surface area contributed by atoms with Crippen molar-refractivity contribution in [1.82, 2.24) is 19.7 Å². The third kappa shape index (κ3) is 5.48. The number of sulfonamides is 1. The van der Waals surface area contributed by atoms with Gasteiger partial charge in [0.15, 0.2) is 17.9 Å². The zero-order chi connectivity index (χ0) is 27.3. The summed E-state index contributed by atoms with van der Waals surface area (Å²) in [7, 11) is -3.32. The molecule has 1 aromatic carbocycles. The van der Waals surface area contributed by atoms with Crippen LogP contribution >= 0.6 is 11.6 Å². The average Bonchev–Trinajstić information content (AvgIpc) is 3.63. The number of benzene rings is 1. The maximum Gasteiger partial charge on any atom is 0.296 e. The van der Waals surface area contributed by atoms with Crippen molar-refractivity contribution in [2.45, 2.75) is 43.4 Å². The summed E-state index contributed by atoms with van der Waals surface area (Å²) in [5.74, 6) is 0.228. The molecule has 1 aliphatic carbocycles. The first-order valence-electron chi connectivity index (χ1n) is 12.4. The topological polar surface area (TPSA) is 137 Å². The van der Waals surface area contributed by atoms with Crippen molar-refractivity contribution in [3.05, 3.63) is 40.2 Å². The van der Waals surface area contributed by atoms with Gasteiger partial charge in [-0.1, -0.05) is 11.6 Å². The molecule has 6 rings (SSSR count). The summed E-state index contributed by atoms with van der Waals surface area (Å²) in [5.41, 5.74) is 2.16. The molecule has 0 bridgehead atoms. The highest BCUT2D eigenvalue weighted by Gasteiger charge is 2.49. The number of aromatic amines is 1. The molecule has 0 saturated carbocycles. The first-order chi connectivity index (χ1) is 18.6. The number of rotatable bonds is 9. The third-order valence-electron chi connectivity index (χ3n) is 6.90. The van der Waals surface area contributed by atoms with Gasteiger partial charge in [0, 0.05) is 18.2 Å². The van der Waals surface area contributed by atoms with Crippen LogP contribution in [0.2, 0.25) is 5.02 Å². The van der Waals surface area contributed by atoms with Crippen LogP contribution in [0.4, 0.5) is 14.6 Å². The number of alkyl halides is 1. The van der Waals surface area contributed by atoms with Crippen molar-refractivity contribution >= 4 is 38.6 Å². The molecule has 2 fully saturated rings. The lowest BCUT2D eigenvalue weighted by molar-refractivity contribution is 0.0244. The van der Waals surface area contributed by atoms with E-state index in [4.69, 9.17) is 30.5 Å². The Morgan fingerprint density at radius 3 is 2.85 bits per heavy atom. The standard InChI is InChI=1S/C24H26ClF2N5O6S/c1-39(33,34)28-4-5-35-12-6-11-2-3-16(19(11)14(26)7-12)29-22-13(25)8-17-23(31-22)32-24(30-17)38-18-10-37-20-15(27)9-36-21(18)20/h6-8,15-16,18,20-21,28H,2-5,9-10H2,1H3,(H2,29,30,31,32)/t15-,16?,18+,20+,21+/m0/s1. The van der Waals surface area contributed by atoms with E-state index >= 15 is 4.39 Å². The number of anilines is 1. The summed E-state index contributed by atoms with van der Waals surface area (Å²) in [5, 5.41) is 3.54. The molecule has 210 valence electrons. The van der Waals surface area contributed by atoms with Crippen molar-refractivity contribution in [1.29, 1.82) is 0 Å². The Balaban J connectivity index is 1.14. The Hall–Kier alpha value is -2.78. The Kier molecular flexibility index (Phi) is 7.00. The number of ether oxygens (including phenoxy) is 4. The van der Waals surface area contributed by atoms with E-state index in [0.717, 1.165) is 11.8 Å². The fraction of sp³-hybridized carbons (Fsp3) is 0.500. The molecule has 1 unspecified atom stereocenters. The Bertz CT molecular complexity index is 1510. The number of H-pyrrole nitrogens is 1. The first kappa shape index (κ1) is 26.4. The molecule has 11 nitrogen and oxygen atoms in total. The number of halogens is 3. The summed E-state index contributed by atoms with van der Waals surface area (Å²) >= 11 is 6.49. The molecule has 2 aliphatic heterocycles. The fourth-order valence-corrected chi connectivity index (χ4v) is 5.85. The van der Waals surface area contributed by atoms with Gasteiger partial charge in [-0.3, -0.25) is 0 Å². The van der Waals surface area contributed by atoms with E-state index in [1.54, 1.807) is 12.1 Å². The molecule has 3 N–H and O–H groups in total. The van der Waals surface area contributed by atoms with Crippen molar-refractivity contribution in [3.63, 3.8) is 0 Å². The molecule has 0 radical (unpaired) electrons. The molecule has 39 heavy (non-hydrogen) atoms. The van der Waals surface area contributed by atoms with Gasteiger partial charge in [-0.15, -0.1) is 0 Å². The number of hydrogen-bond donors (Lipinski definition) is 3. The van der Waals surface area contributed by atoms with Gasteiger partial charge in [-0.05, 0) is 30.5 Å². The molecule has 2 saturated heterocycles. The predicted octanol–water partition coefficient (Wildman–Crippen LogP) is 2.66. The zero-order valence-electron chi connectivity index (χ0n) is 20.7. The van der Waals surface area contributed by atoms with E-state index in [1.165, 1.54) is 6.07 Å². The van der Waals surface area contributed by atoms with E-state index in [0.29, 0.717) is 46.2 Å². The van der Waals surface area contributed by atoms with E-state index in [-0.39, 0.29) is 38.4 Å². The molecule has 4 heterocycles. The minimum Gasteiger partial charge on any atom is -0.492 e. The van der Waals surface area contributed by atoms with Crippen LogP contribution < -0.4 is 19.5 Å². The summed E-state index contributed by atoms with van der Waals surface area (Å²) in [4.78, 5) is 11.9. The van der Waals surface area contributed by atoms with E-state index < -0.39 is 40.3 Å². The number of aryl methyl sites for hydroxylation is 1. The predicted molar refractivity (Wildman–Crippen MR) is 137 cm³/mol. The Morgan fingerprint density at radius 2 is 2.03 bits per heavy atom. The quantitative estimate of drug-likeness (QED) is 0.324. The van der Waals surface area contributed by atoms with Crippen LogP contribution in [-0.4, -0.2) is 80.5 Å². The van der Waals surface area contributed by atoms with Gasteiger partial charge < -0.3 is 29.2 Å². The smallest absolute Gasteiger partial charge is 0.296 e. The molecular formula is C24H26ClF2N5O6S. The van der Waals surface area contributed by atoms with Crippen molar-refractivity contribution in [2.24, 2.45) is 0 Å². The number of imidazole rings is 1. The fourth-order valence-electron chi connectivity index (χ4n) is 5.19. The normalized spacial score (nSPS) is 26.1. The van der Waals surface area contributed by atoms with E-state index in [2.05, 4.69) is 25.0 Å². The maximum absolute atomic E-state index is 15.1. The molecule has 15 heteroatoms. The Labute approximate surface area is 227 Å². The molecule has 3 aromatic rings. The number of nitrogens with one attached hydrogen (secondary N) is 3. The molecule has 5 atom stereocenters. The summed E-state index contributed by atoms with van der Waals surface area (Å²) in [6.45, 7) is 0.310. The van der Waals surface area contributed by atoms with Gasteiger partial charge in [-0.25, -0.2) is 26.9 Å². The molecule has 0 spiro atoms. The van der Waals surface area contributed by atoms with Crippen molar-refractivity contribution < 1.29 is 36.1 Å². The van der Waals surface area contributed by atoms with Crippen LogP contribution in [0.5, 0.6) is 11.8 Å². The van der Waals surface area contributed by atoms with Crippen LogP contribution in [0.15, 0.2) is 18.2 Å². The largest absolute Gasteiger partial charge is 0.492 e. The molecule has 0 amide bonds. The highest BCUT2D eigenvalue weighted by atomic mass is 35.5. The molecule has 2 aromatic heterocycles. The van der Waals surface area contributed by atoms with Crippen molar-refractivity contribution in [3.8, 4) is 11.8 Å². The number of pyridine rings is 1. The monoisotopic (exact) mass is 585 g/mol. The number of fused-ring (bicyclic) bond motifs is 3. The molecule has 3 aliphatic rings. The van der Waals surface area contributed by atoms with Gasteiger partial charge >= 0.3 is 0 Å². The van der Waals surface area contributed by atoms with Gasteiger partial charge in [0.1, 0.15) is 36.2 Å². The second-order valence-corrected chi connectivity index (χ2v) is 12.0. The second kappa shape index (κ2) is 10.3. The van der Waals surface area contributed by atoms with E-state index in [1.807, 2.05) is 0 Å². The number of hydrogen-bond acceptors (Lipinski definition) is 9. The van der Waals surface area contributed by atoms with Crippen LogP contribution in [-0.2, 0) is 25.9 Å². The van der Waals surface area contributed by atoms with Gasteiger partial charge in [0.25, 0.3) is 6.01 Å². The SMILES string of the molecule is CS(=O)(=O)NCCOc1cc(F)c2c(c1)CCC2Nc1nc2nc(O[C@@H]3CO[C@H]4[C@@H]3OC[C@@H]4F)[nH]c2cc1Cl. The third-order valence-corrected chi connectivity index (χ3v) is 7.92. The minimum atomic E-state index is -3.32. The second-order valence-electron chi connectivity index (χ2n) is 9.73. The average molecular weight is 586 g/mol. The lowest BCUT2D eigenvalue weighted by Gasteiger charge is -2.17. The summed E-state index contributed by atoms with van der Waals surface area (Å²) in [6, 6.07) is 4.50. The zero-order valence-corrected chi connectivity index (χ0v) is 22.3. The summed E-state index contributed by atoms with van der Waals surface area (Å²) in [6.07, 6.45) is -0.561. The summed E-state index contributed by atoms with van der Waals surface area (Å²) < 4.78 is 75.9. The lowest BCUT2D eigenvalue weighted by atomic mass is 10.1. The Morgan fingerprint density at radius 1 is 1.21 bits per heavy atom. The van der Waals surface area contributed by atoms with Gasteiger partial charge in [0.05, 0.1) is 36.1 Å². The van der Waals surface area contributed by atoms with Crippen LogP contribution in [0.1, 0.15) is 23.6 Å². The maximum atomic E-state index is 15.1. The van der Waals surface area contributed by atoms with E-state index in [9.17, 15) is 12.8 Å². The van der Waals surface area contributed by atoms with Crippen molar-refractivity contribution in [2.75, 3.05) is 37.9 Å². The van der Waals surface area contributed by atoms with Gasteiger partial charge in [-0.2, -0.15) is 4.98 Å². The first-order valence-corrected chi connectivity index (χ1v) is 14.7. The lowest BCUT2D eigenvalue weighted by Crippen LogP contribution is -2.34. The van der Waals surface area contributed by atoms with Crippen LogP contribution in [0.25, 0.3) is 11.2 Å².